The summed E-state index contributed by atoms with van der Waals surface area (Å²) >= 11 is 1.71. The number of rotatable bonds is 6. The van der Waals surface area contributed by atoms with Crippen LogP contribution < -0.4 is 5.32 Å². The molecule has 19 heavy (non-hydrogen) atoms. The van der Waals surface area contributed by atoms with Crippen LogP contribution in [-0.2, 0) is 4.79 Å². The average molecular weight is 288 g/mol. The van der Waals surface area contributed by atoms with Gasteiger partial charge in [0, 0.05) is 24.6 Å². The molecule has 1 heterocycles. The first-order valence-corrected chi connectivity index (χ1v) is 8.07. The van der Waals surface area contributed by atoms with Gasteiger partial charge < -0.3 is 15.3 Å². The van der Waals surface area contributed by atoms with E-state index in [9.17, 15) is 9.59 Å². The molecule has 0 bridgehead atoms. The Morgan fingerprint density at radius 3 is 2.68 bits per heavy atom. The highest BCUT2D eigenvalue weighted by molar-refractivity contribution is 7.99. The van der Waals surface area contributed by atoms with Gasteiger partial charge in [-0.05, 0) is 5.92 Å². The fourth-order valence-electron chi connectivity index (χ4n) is 2.20. The molecule has 0 saturated carbocycles. The maximum atomic E-state index is 12.1. The third kappa shape index (κ3) is 5.30. The Bertz CT molecular complexity index is 308. The van der Waals surface area contributed by atoms with Gasteiger partial charge in [-0.1, -0.05) is 26.7 Å². The molecule has 5 nitrogen and oxygen atoms in total. The topological polar surface area (TPSA) is 69.6 Å². The fourth-order valence-corrected chi connectivity index (χ4v) is 3.27. The van der Waals surface area contributed by atoms with Crippen molar-refractivity contribution in [3.8, 4) is 0 Å². The first-order chi connectivity index (χ1) is 9.08. The van der Waals surface area contributed by atoms with Gasteiger partial charge in [0.15, 0.2) is 0 Å². The number of urea groups is 1. The number of carboxylic acids is 1. The Morgan fingerprint density at radius 1 is 1.42 bits per heavy atom. The van der Waals surface area contributed by atoms with Crippen molar-refractivity contribution in [1.29, 1.82) is 0 Å². The van der Waals surface area contributed by atoms with E-state index in [2.05, 4.69) is 19.2 Å². The van der Waals surface area contributed by atoms with Crippen LogP contribution in [0.15, 0.2) is 0 Å². The summed E-state index contributed by atoms with van der Waals surface area (Å²) in [5, 5.41) is 11.8. The molecule has 0 aromatic rings. The maximum Gasteiger partial charge on any atom is 0.317 e. The standard InChI is InChI=1S/C13H24N2O3S/c1-3-10(4-2)8-14-13(18)15-5-6-19-9-11(15)7-12(16)17/h10-11H,3-9H2,1-2H3,(H,14,18)(H,16,17). The highest BCUT2D eigenvalue weighted by Gasteiger charge is 2.28. The minimum Gasteiger partial charge on any atom is -0.481 e. The van der Waals surface area contributed by atoms with Gasteiger partial charge in [0.1, 0.15) is 0 Å². The smallest absolute Gasteiger partial charge is 0.317 e. The average Bonchev–Trinajstić information content (AvgIpc) is 2.39. The van der Waals surface area contributed by atoms with Gasteiger partial charge >= 0.3 is 12.0 Å². The monoisotopic (exact) mass is 288 g/mol. The molecule has 1 aliphatic heterocycles. The predicted molar refractivity (Wildman–Crippen MR) is 77.5 cm³/mol. The molecule has 0 aromatic carbocycles. The Labute approximate surface area is 119 Å². The molecule has 2 amide bonds. The predicted octanol–water partition coefficient (Wildman–Crippen LogP) is 2.02. The molecule has 1 unspecified atom stereocenters. The van der Waals surface area contributed by atoms with E-state index < -0.39 is 5.97 Å². The quantitative estimate of drug-likeness (QED) is 0.784. The normalized spacial score (nSPS) is 19.5. The van der Waals surface area contributed by atoms with Crippen molar-refractivity contribution >= 4 is 23.8 Å². The Morgan fingerprint density at radius 2 is 2.11 bits per heavy atom. The van der Waals surface area contributed by atoms with Gasteiger partial charge in [-0.15, -0.1) is 0 Å². The first-order valence-electron chi connectivity index (χ1n) is 6.92. The summed E-state index contributed by atoms with van der Waals surface area (Å²) in [6, 6.07) is -0.295. The Balaban J connectivity index is 2.49. The van der Waals surface area contributed by atoms with Crippen LogP contribution in [0.25, 0.3) is 0 Å². The number of hydrogen-bond acceptors (Lipinski definition) is 3. The van der Waals surface area contributed by atoms with Crippen molar-refractivity contribution in [3.05, 3.63) is 0 Å². The van der Waals surface area contributed by atoms with Crippen LogP contribution in [0.3, 0.4) is 0 Å². The molecule has 1 fully saturated rings. The summed E-state index contributed by atoms with van der Waals surface area (Å²) in [5.74, 6) is 1.26. The van der Waals surface area contributed by atoms with Crippen LogP contribution in [0.2, 0.25) is 0 Å². The zero-order chi connectivity index (χ0) is 14.3. The van der Waals surface area contributed by atoms with Gasteiger partial charge in [-0.2, -0.15) is 11.8 Å². The summed E-state index contributed by atoms with van der Waals surface area (Å²) < 4.78 is 0. The molecular weight excluding hydrogens is 264 g/mol. The molecule has 0 spiro atoms. The summed E-state index contributed by atoms with van der Waals surface area (Å²) in [5.41, 5.74) is 0. The van der Waals surface area contributed by atoms with Crippen molar-refractivity contribution in [3.63, 3.8) is 0 Å². The molecule has 0 aromatic heterocycles. The molecular formula is C13H24N2O3S. The lowest BCUT2D eigenvalue weighted by Crippen LogP contribution is -2.51. The van der Waals surface area contributed by atoms with Crippen molar-refractivity contribution in [1.82, 2.24) is 10.2 Å². The van der Waals surface area contributed by atoms with E-state index >= 15 is 0 Å². The van der Waals surface area contributed by atoms with E-state index in [4.69, 9.17) is 5.11 Å². The van der Waals surface area contributed by atoms with E-state index in [0.29, 0.717) is 24.8 Å². The number of hydrogen-bond donors (Lipinski definition) is 2. The number of amides is 2. The second-order valence-corrected chi connectivity index (χ2v) is 6.04. The number of carbonyl (C=O) groups is 2. The van der Waals surface area contributed by atoms with E-state index in [1.54, 1.807) is 16.7 Å². The second kappa shape index (κ2) is 8.30. The highest BCUT2D eigenvalue weighted by atomic mass is 32.2. The molecule has 2 N–H and O–H groups in total. The van der Waals surface area contributed by atoms with E-state index in [1.807, 2.05) is 0 Å². The summed E-state index contributed by atoms with van der Waals surface area (Å²) in [7, 11) is 0. The van der Waals surface area contributed by atoms with Crippen LogP contribution in [0.4, 0.5) is 4.79 Å². The Hall–Kier alpha value is -0.910. The van der Waals surface area contributed by atoms with E-state index in [-0.39, 0.29) is 18.5 Å². The number of carbonyl (C=O) groups excluding carboxylic acids is 1. The number of thioether (sulfide) groups is 1. The van der Waals surface area contributed by atoms with Gasteiger partial charge in [-0.25, -0.2) is 4.79 Å². The lowest BCUT2D eigenvalue weighted by Gasteiger charge is -2.34. The van der Waals surface area contributed by atoms with Crippen LogP contribution in [0, 0.1) is 5.92 Å². The fraction of sp³-hybridized carbons (Fsp3) is 0.846. The van der Waals surface area contributed by atoms with Gasteiger partial charge in [0.2, 0.25) is 0 Å². The lowest BCUT2D eigenvalue weighted by molar-refractivity contribution is -0.137. The summed E-state index contributed by atoms with van der Waals surface area (Å²) in [6.07, 6.45) is 2.13. The van der Waals surface area contributed by atoms with Crippen molar-refractivity contribution in [2.75, 3.05) is 24.6 Å². The van der Waals surface area contributed by atoms with Crippen LogP contribution in [0.5, 0.6) is 0 Å². The van der Waals surface area contributed by atoms with Crippen LogP contribution in [0.1, 0.15) is 33.1 Å². The highest BCUT2D eigenvalue weighted by Crippen LogP contribution is 2.19. The molecule has 6 heteroatoms. The third-order valence-electron chi connectivity index (χ3n) is 3.60. The maximum absolute atomic E-state index is 12.1. The number of nitrogens with zero attached hydrogens (tertiary/aromatic N) is 1. The zero-order valence-electron chi connectivity index (χ0n) is 11.7. The second-order valence-electron chi connectivity index (χ2n) is 4.89. The number of aliphatic carboxylic acids is 1. The van der Waals surface area contributed by atoms with Gasteiger partial charge in [-0.3, -0.25) is 4.79 Å². The van der Waals surface area contributed by atoms with E-state index in [0.717, 1.165) is 18.6 Å². The van der Waals surface area contributed by atoms with Crippen molar-refractivity contribution < 1.29 is 14.7 Å². The third-order valence-corrected chi connectivity index (χ3v) is 4.69. The zero-order valence-corrected chi connectivity index (χ0v) is 12.5. The van der Waals surface area contributed by atoms with Gasteiger partial charge in [0.25, 0.3) is 0 Å². The lowest BCUT2D eigenvalue weighted by atomic mass is 10.0. The minimum atomic E-state index is -0.842. The minimum absolute atomic E-state index is 0.0331. The van der Waals surface area contributed by atoms with Crippen molar-refractivity contribution in [2.45, 2.75) is 39.2 Å². The number of nitrogens with one attached hydrogen (secondary N) is 1. The molecule has 1 atom stereocenters. The molecule has 1 aliphatic rings. The molecule has 1 rings (SSSR count). The largest absolute Gasteiger partial charge is 0.481 e. The Kier molecular flexibility index (Phi) is 7.05. The van der Waals surface area contributed by atoms with Crippen LogP contribution >= 0.6 is 11.8 Å². The molecule has 0 radical (unpaired) electrons. The van der Waals surface area contributed by atoms with E-state index in [1.165, 1.54) is 0 Å². The molecule has 1 saturated heterocycles. The van der Waals surface area contributed by atoms with Crippen LogP contribution in [-0.4, -0.2) is 52.6 Å². The van der Waals surface area contributed by atoms with Gasteiger partial charge in [0.05, 0.1) is 12.5 Å². The summed E-state index contributed by atoms with van der Waals surface area (Å²) in [4.78, 5) is 24.7. The number of carboxylic acid groups (broad SMARTS) is 1. The first kappa shape index (κ1) is 16.1. The molecule has 110 valence electrons. The van der Waals surface area contributed by atoms with Crippen molar-refractivity contribution in [2.24, 2.45) is 5.92 Å². The SMILES string of the molecule is CCC(CC)CNC(=O)N1CCSCC1CC(=O)O. The summed E-state index contributed by atoms with van der Waals surface area (Å²) in [6.45, 7) is 5.54. The molecule has 0 aliphatic carbocycles.